The van der Waals surface area contributed by atoms with Crippen LogP contribution in [-0.4, -0.2) is 54.5 Å². The molecule has 7 heteroatoms. The van der Waals surface area contributed by atoms with Crippen LogP contribution in [-0.2, 0) is 9.53 Å². The van der Waals surface area contributed by atoms with Gasteiger partial charge in [0.05, 0.1) is 6.61 Å². The average Bonchev–Trinajstić information content (AvgIpc) is 2.69. The maximum atomic E-state index is 12.0. The number of benzene rings is 1. The number of carbonyl (C=O) groups excluding carboxylic acids is 2. The van der Waals surface area contributed by atoms with Crippen LogP contribution in [0.4, 0.5) is 5.69 Å². The highest BCUT2D eigenvalue weighted by atomic mass is 16.5. The van der Waals surface area contributed by atoms with E-state index in [0.29, 0.717) is 17.9 Å². The lowest BCUT2D eigenvalue weighted by molar-refractivity contribution is -0.129. The largest absolute Gasteiger partial charge is 0.462 e. The number of anilines is 1. The quantitative estimate of drug-likeness (QED) is 0.755. The molecule has 2 aromatic rings. The van der Waals surface area contributed by atoms with Crippen LogP contribution in [0.5, 0.6) is 11.6 Å². The van der Waals surface area contributed by atoms with Crippen molar-refractivity contribution >= 4 is 17.6 Å². The van der Waals surface area contributed by atoms with Gasteiger partial charge in [0.15, 0.2) is 0 Å². The molecule has 0 unspecified atom stereocenters. The van der Waals surface area contributed by atoms with Crippen molar-refractivity contribution in [3.05, 3.63) is 48.2 Å². The summed E-state index contributed by atoms with van der Waals surface area (Å²) in [6.45, 7) is 6.70. The number of hydrogen-bond donors (Lipinski definition) is 0. The summed E-state index contributed by atoms with van der Waals surface area (Å²) in [5, 5.41) is 0. The van der Waals surface area contributed by atoms with Crippen molar-refractivity contribution in [1.29, 1.82) is 0 Å². The second kappa shape index (κ2) is 8.53. The first-order valence-corrected chi connectivity index (χ1v) is 8.99. The van der Waals surface area contributed by atoms with E-state index in [2.05, 4.69) is 9.88 Å². The van der Waals surface area contributed by atoms with Crippen LogP contribution in [0.2, 0.25) is 0 Å². The number of amides is 1. The number of aromatic nitrogens is 1. The van der Waals surface area contributed by atoms with Crippen molar-refractivity contribution in [3.63, 3.8) is 0 Å². The van der Waals surface area contributed by atoms with Crippen LogP contribution in [0.1, 0.15) is 24.2 Å². The number of ether oxygens (including phenoxy) is 2. The zero-order chi connectivity index (χ0) is 19.2. The number of piperazine rings is 1. The molecule has 0 aliphatic carbocycles. The third-order valence-electron chi connectivity index (χ3n) is 4.41. The molecule has 0 spiro atoms. The van der Waals surface area contributed by atoms with Crippen molar-refractivity contribution < 1.29 is 19.1 Å². The zero-order valence-electron chi connectivity index (χ0n) is 15.6. The van der Waals surface area contributed by atoms with Gasteiger partial charge < -0.3 is 19.3 Å². The highest BCUT2D eigenvalue weighted by molar-refractivity contribution is 5.91. The van der Waals surface area contributed by atoms with Gasteiger partial charge in [0.2, 0.25) is 11.8 Å². The van der Waals surface area contributed by atoms with E-state index < -0.39 is 5.97 Å². The minimum atomic E-state index is -0.458. The molecule has 1 aliphatic heterocycles. The number of carbonyl (C=O) groups is 2. The van der Waals surface area contributed by atoms with Crippen molar-refractivity contribution in [2.75, 3.05) is 37.7 Å². The van der Waals surface area contributed by atoms with E-state index >= 15 is 0 Å². The maximum Gasteiger partial charge on any atom is 0.343 e. The molecule has 0 radical (unpaired) electrons. The molecule has 27 heavy (non-hydrogen) atoms. The van der Waals surface area contributed by atoms with Crippen LogP contribution in [0.25, 0.3) is 0 Å². The van der Waals surface area contributed by atoms with E-state index in [4.69, 9.17) is 9.47 Å². The monoisotopic (exact) mass is 369 g/mol. The molecular formula is C20H23N3O4. The van der Waals surface area contributed by atoms with Gasteiger partial charge in [0, 0.05) is 45.0 Å². The second-order valence-electron chi connectivity index (χ2n) is 6.17. The summed E-state index contributed by atoms with van der Waals surface area (Å²) in [6.07, 6.45) is 1.57. The predicted octanol–water partition coefficient (Wildman–Crippen LogP) is 2.72. The zero-order valence-corrected chi connectivity index (χ0v) is 15.6. The van der Waals surface area contributed by atoms with Crippen LogP contribution in [0.15, 0.2) is 42.6 Å². The number of pyridine rings is 1. The molecule has 1 aromatic heterocycles. The minimum absolute atomic E-state index is 0.117. The fraction of sp³-hybridized carbons (Fsp3) is 0.350. The number of hydrogen-bond acceptors (Lipinski definition) is 6. The first kappa shape index (κ1) is 18.7. The Morgan fingerprint density at radius 2 is 1.78 bits per heavy atom. The molecular weight excluding hydrogens is 346 g/mol. The number of rotatable bonds is 5. The van der Waals surface area contributed by atoms with Crippen LogP contribution < -0.4 is 9.64 Å². The normalized spacial score (nSPS) is 14.0. The third-order valence-corrected chi connectivity index (χ3v) is 4.41. The fourth-order valence-corrected chi connectivity index (χ4v) is 2.95. The Morgan fingerprint density at radius 1 is 1.07 bits per heavy atom. The summed E-state index contributed by atoms with van der Waals surface area (Å²) in [5.41, 5.74) is 1.36. The highest BCUT2D eigenvalue weighted by Gasteiger charge is 2.19. The van der Waals surface area contributed by atoms with Crippen molar-refractivity contribution in [1.82, 2.24) is 9.88 Å². The summed E-state index contributed by atoms with van der Waals surface area (Å²) >= 11 is 0. The van der Waals surface area contributed by atoms with E-state index in [1.54, 1.807) is 32.2 Å². The lowest BCUT2D eigenvalue weighted by atomic mass is 10.2. The molecule has 0 bridgehead atoms. The smallest absolute Gasteiger partial charge is 0.343 e. The van der Waals surface area contributed by atoms with Gasteiger partial charge in [-0.1, -0.05) is 0 Å². The minimum Gasteiger partial charge on any atom is -0.462 e. The Morgan fingerprint density at radius 3 is 2.41 bits per heavy atom. The van der Waals surface area contributed by atoms with Gasteiger partial charge in [-0.15, -0.1) is 0 Å². The summed E-state index contributed by atoms with van der Waals surface area (Å²) in [4.78, 5) is 31.7. The van der Waals surface area contributed by atoms with E-state index in [9.17, 15) is 9.59 Å². The average molecular weight is 369 g/mol. The Kier molecular flexibility index (Phi) is 5.90. The molecule has 142 valence electrons. The van der Waals surface area contributed by atoms with Crippen LogP contribution in [0, 0.1) is 0 Å². The van der Waals surface area contributed by atoms with Crippen molar-refractivity contribution in [3.8, 4) is 11.6 Å². The number of esters is 1. The SMILES string of the molecule is CCOC(=O)c1cccnc1Oc1ccc(N2CCN(C(C)=O)CC2)cc1. The Balaban J connectivity index is 1.67. The summed E-state index contributed by atoms with van der Waals surface area (Å²) < 4.78 is 10.8. The van der Waals surface area contributed by atoms with E-state index in [1.165, 1.54) is 0 Å². The molecule has 1 fully saturated rings. The van der Waals surface area contributed by atoms with Crippen LogP contribution >= 0.6 is 0 Å². The van der Waals surface area contributed by atoms with Gasteiger partial charge in [-0.2, -0.15) is 0 Å². The van der Waals surface area contributed by atoms with Gasteiger partial charge in [-0.25, -0.2) is 9.78 Å². The molecule has 1 aromatic carbocycles. The topological polar surface area (TPSA) is 72.0 Å². The Labute approximate surface area is 158 Å². The molecule has 1 amide bonds. The fourth-order valence-electron chi connectivity index (χ4n) is 2.95. The maximum absolute atomic E-state index is 12.0. The summed E-state index contributed by atoms with van der Waals surface area (Å²) in [7, 11) is 0. The predicted molar refractivity (Wildman–Crippen MR) is 101 cm³/mol. The van der Waals surface area contributed by atoms with Gasteiger partial charge in [-0.05, 0) is 43.3 Å². The van der Waals surface area contributed by atoms with E-state index in [-0.39, 0.29) is 11.8 Å². The van der Waals surface area contributed by atoms with Gasteiger partial charge >= 0.3 is 5.97 Å². The lowest BCUT2D eigenvalue weighted by Gasteiger charge is -2.35. The molecule has 2 heterocycles. The third kappa shape index (κ3) is 4.55. The first-order valence-electron chi connectivity index (χ1n) is 8.99. The first-order chi connectivity index (χ1) is 13.1. The molecule has 0 N–H and O–H groups in total. The van der Waals surface area contributed by atoms with Gasteiger partial charge in [0.25, 0.3) is 0 Å². The van der Waals surface area contributed by atoms with Gasteiger partial charge in [-0.3, -0.25) is 4.79 Å². The lowest BCUT2D eigenvalue weighted by Crippen LogP contribution is -2.48. The second-order valence-corrected chi connectivity index (χ2v) is 6.17. The Hall–Kier alpha value is -3.09. The molecule has 1 aliphatic rings. The highest BCUT2D eigenvalue weighted by Crippen LogP contribution is 2.26. The van der Waals surface area contributed by atoms with Gasteiger partial charge in [0.1, 0.15) is 11.3 Å². The molecule has 0 atom stereocenters. The van der Waals surface area contributed by atoms with Crippen molar-refractivity contribution in [2.24, 2.45) is 0 Å². The molecule has 1 saturated heterocycles. The van der Waals surface area contributed by atoms with E-state index in [1.807, 2.05) is 29.2 Å². The van der Waals surface area contributed by atoms with E-state index in [0.717, 1.165) is 31.9 Å². The summed E-state index contributed by atoms with van der Waals surface area (Å²) in [6, 6.07) is 10.9. The molecule has 7 nitrogen and oxygen atoms in total. The standard InChI is InChI=1S/C20H23N3O4/c1-3-26-20(25)18-5-4-10-21-19(18)27-17-8-6-16(7-9-17)23-13-11-22(12-14-23)15(2)24/h4-10H,3,11-14H2,1-2H3. The number of nitrogens with zero attached hydrogens (tertiary/aromatic N) is 3. The molecule has 3 rings (SSSR count). The van der Waals surface area contributed by atoms with Crippen LogP contribution in [0.3, 0.4) is 0 Å². The molecule has 0 saturated carbocycles. The summed E-state index contributed by atoms with van der Waals surface area (Å²) in [5.74, 6) is 0.468. The Bertz CT molecular complexity index is 799. The van der Waals surface area contributed by atoms with Crippen molar-refractivity contribution in [2.45, 2.75) is 13.8 Å².